The van der Waals surface area contributed by atoms with Crippen LogP contribution in [0.25, 0.3) is 0 Å². The molecule has 6 heteroatoms. The van der Waals surface area contributed by atoms with E-state index in [9.17, 15) is 9.59 Å². The number of rotatable bonds is 4. The molecule has 86 valence electrons. The molecule has 0 unspecified atom stereocenters. The van der Waals surface area contributed by atoms with Gasteiger partial charge in [0.15, 0.2) is 11.4 Å². The summed E-state index contributed by atoms with van der Waals surface area (Å²) in [5.41, 5.74) is -0.442. The summed E-state index contributed by atoms with van der Waals surface area (Å²) >= 11 is 0. The van der Waals surface area contributed by atoms with Crippen molar-refractivity contribution in [2.24, 2.45) is 7.05 Å². The highest BCUT2D eigenvalue weighted by atomic mass is 16.5. The van der Waals surface area contributed by atoms with Crippen LogP contribution in [0.15, 0.2) is 17.4 Å². The fourth-order valence-corrected chi connectivity index (χ4v) is 1.20. The summed E-state index contributed by atoms with van der Waals surface area (Å²) in [6.45, 7) is 5.07. The third kappa shape index (κ3) is 2.10. The molecule has 0 atom stereocenters. The van der Waals surface area contributed by atoms with Crippen LogP contribution in [-0.4, -0.2) is 27.5 Å². The van der Waals surface area contributed by atoms with Gasteiger partial charge in [-0.15, -0.1) is 0 Å². The van der Waals surface area contributed by atoms with Gasteiger partial charge in [-0.2, -0.15) is 5.10 Å². The van der Waals surface area contributed by atoms with Crippen LogP contribution in [0.5, 0.6) is 5.75 Å². The lowest BCUT2D eigenvalue weighted by molar-refractivity contribution is 0.0686. The van der Waals surface area contributed by atoms with E-state index in [-0.39, 0.29) is 23.6 Å². The minimum atomic E-state index is -1.20. The molecular formula is C10H12N2O4. The molecule has 16 heavy (non-hydrogen) atoms. The van der Waals surface area contributed by atoms with Crippen LogP contribution < -0.4 is 10.3 Å². The number of hydrogen-bond acceptors (Lipinski definition) is 4. The number of aromatic carboxylic acids is 1. The number of ether oxygens (including phenoxy) is 1. The molecule has 6 nitrogen and oxygen atoms in total. The maximum atomic E-state index is 11.6. The second-order valence-electron chi connectivity index (χ2n) is 3.14. The third-order valence-electron chi connectivity index (χ3n) is 1.98. The lowest BCUT2D eigenvalue weighted by atomic mass is 10.2. The fourth-order valence-electron chi connectivity index (χ4n) is 1.20. The minimum absolute atomic E-state index is 0.00481. The molecule has 1 heterocycles. The predicted molar refractivity (Wildman–Crippen MR) is 56.9 cm³/mol. The summed E-state index contributed by atoms with van der Waals surface area (Å²) in [7, 11) is 1.37. The number of carboxylic acids is 1. The molecule has 0 bridgehead atoms. The van der Waals surface area contributed by atoms with Gasteiger partial charge < -0.3 is 9.84 Å². The van der Waals surface area contributed by atoms with E-state index in [1.165, 1.54) is 20.0 Å². The van der Waals surface area contributed by atoms with Crippen molar-refractivity contribution in [3.63, 3.8) is 0 Å². The maximum Gasteiger partial charge on any atom is 0.356 e. The van der Waals surface area contributed by atoms with Crippen molar-refractivity contribution < 1.29 is 14.6 Å². The summed E-state index contributed by atoms with van der Waals surface area (Å²) in [5, 5.41) is 12.5. The number of aromatic nitrogens is 2. The van der Waals surface area contributed by atoms with Gasteiger partial charge in [0.05, 0.1) is 0 Å². The summed E-state index contributed by atoms with van der Waals surface area (Å²) < 4.78 is 6.07. The molecule has 1 N–H and O–H groups in total. The fraction of sp³-hybridized carbons (Fsp3) is 0.300. The SMILES string of the molecule is C=CCOc1c(C)c(C(=O)O)nn(C)c1=O. The number of carboxylic acid groups (broad SMARTS) is 1. The minimum Gasteiger partial charge on any atom is -0.483 e. The van der Waals surface area contributed by atoms with E-state index in [1.807, 2.05) is 0 Å². The quantitative estimate of drug-likeness (QED) is 0.746. The zero-order valence-corrected chi connectivity index (χ0v) is 9.06. The van der Waals surface area contributed by atoms with Gasteiger partial charge in [0.1, 0.15) is 6.61 Å². The predicted octanol–water partition coefficient (Wildman–Crippen LogP) is 0.352. The van der Waals surface area contributed by atoms with Gasteiger partial charge in [0, 0.05) is 12.6 Å². The Morgan fingerprint density at radius 2 is 2.31 bits per heavy atom. The molecule has 0 saturated carbocycles. The van der Waals surface area contributed by atoms with Crippen molar-refractivity contribution in [2.75, 3.05) is 6.61 Å². The van der Waals surface area contributed by atoms with E-state index in [2.05, 4.69) is 11.7 Å². The van der Waals surface area contributed by atoms with Gasteiger partial charge in [-0.1, -0.05) is 12.7 Å². The van der Waals surface area contributed by atoms with E-state index < -0.39 is 11.5 Å². The Hall–Kier alpha value is -2.11. The zero-order chi connectivity index (χ0) is 12.3. The molecule has 0 fully saturated rings. The highest BCUT2D eigenvalue weighted by Gasteiger charge is 2.18. The number of carbonyl (C=O) groups is 1. The van der Waals surface area contributed by atoms with E-state index in [1.54, 1.807) is 0 Å². The van der Waals surface area contributed by atoms with Crippen LogP contribution in [0.2, 0.25) is 0 Å². The van der Waals surface area contributed by atoms with Crippen LogP contribution in [0.4, 0.5) is 0 Å². The third-order valence-corrected chi connectivity index (χ3v) is 1.98. The second kappa shape index (κ2) is 4.61. The highest BCUT2D eigenvalue weighted by Crippen LogP contribution is 2.14. The first-order valence-corrected chi connectivity index (χ1v) is 4.54. The lowest BCUT2D eigenvalue weighted by Crippen LogP contribution is -2.26. The maximum absolute atomic E-state index is 11.6. The van der Waals surface area contributed by atoms with Crippen molar-refractivity contribution in [3.05, 3.63) is 34.3 Å². The molecule has 0 aromatic carbocycles. The van der Waals surface area contributed by atoms with Crippen LogP contribution in [-0.2, 0) is 7.05 Å². The van der Waals surface area contributed by atoms with Gasteiger partial charge in [-0.25, -0.2) is 9.48 Å². The van der Waals surface area contributed by atoms with Crippen molar-refractivity contribution >= 4 is 5.97 Å². The molecule has 1 rings (SSSR count). The zero-order valence-electron chi connectivity index (χ0n) is 9.06. The molecule has 0 aliphatic carbocycles. The summed E-state index contributed by atoms with van der Waals surface area (Å²) in [6, 6.07) is 0. The van der Waals surface area contributed by atoms with Crippen LogP contribution in [0, 0.1) is 6.92 Å². The van der Waals surface area contributed by atoms with Crippen molar-refractivity contribution in [1.29, 1.82) is 0 Å². The molecule has 0 aliphatic heterocycles. The van der Waals surface area contributed by atoms with Gasteiger partial charge in [-0.05, 0) is 6.92 Å². The van der Waals surface area contributed by atoms with Crippen LogP contribution in [0.3, 0.4) is 0 Å². The Kier molecular flexibility index (Phi) is 3.44. The first-order chi connectivity index (χ1) is 7.49. The van der Waals surface area contributed by atoms with Gasteiger partial charge in [0.25, 0.3) is 0 Å². The smallest absolute Gasteiger partial charge is 0.356 e. The van der Waals surface area contributed by atoms with E-state index in [4.69, 9.17) is 9.84 Å². The molecule has 0 radical (unpaired) electrons. The van der Waals surface area contributed by atoms with Gasteiger partial charge in [-0.3, -0.25) is 4.79 Å². The Bertz CT molecular complexity index is 490. The Labute approximate surface area is 91.8 Å². The van der Waals surface area contributed by atoms with Gasteiger partial charge >= 0.3 is 11.5 Å². The first-order valence-electron chi connectivity index (χ1n) is 4.54. The van der Waals surface area contributed by atoms with Crippen molar-refractivity contribution in [2.45, 2.75) is 6.92 Å². The van der Waals surface area contributed by atoms with E-state index in [0.717, 1.165) is 4.68 Å². The van der Waals surface area contributed by atoms with Crippen molar-refractivity contribution in [3.8, 4) is 5.75 Å². The summed E-state index contributed by atoms with van der Waals surface area (Å²) in [4.78, 5) is 22.5. The molecule has 0 amide bonds. The second-order valence-corrected chi connectivity index (χ2v) is 3.14. The van der Waals surface area contributed by atoms with Crippen LogP contribution in [0.1, 0.15) is 16.1 Å². The molecule has 1 aromatic rings. The van der Waals surface area contributed by atoms with Crippen LogP contribution >= 0.6 is 0 Å². The lowest BCUT2D eigenvalue weighted by Gasteiger charge is -2.09. The van der Waals surface area contributed by atoms with Gasteiger partial charge in [0.2, 0.25) is 0 Å². The average molecular weight is 224 g/mol. The van der Waals surface area contributed by atoms with E-state index in [0.29, 0.717) is 0 Å². The Balaban J connectivity index is 3.39. The Morgan fingerprint density at radius 1 is 1.69 bits per heavy atom. The Morgan fingerprint density at radius 3 is 2.81 bits per heavy atom. The standard InChI is InChI=1S/C10H12N2O4/c1-4-5-16-8-6(2)7(10(14)15)11-12(3)9(8)13/h4H,1,5H2,2-3H3,(H,14,15). The number of nitrogens with zero attached hydrogens (tertiary/aromatic N) is 2. The number of aryl methyl sites for hydroxylation is 1. The molecular weight excluding hydrogens is 212 g/mol. The van der Waals surface area contributed by atoms with E-state index >= 15 is 0 Å². The summed E-state index contributed by atoms with van der Waals surface area (Å²) in [6.07, 6.45) is 1.47. The largest absolute Gasteiger partial charge is 0.483 e. The molecule has 1 aromatic heterocycles. The number of hydrogen-bond donors (Lipinski definition) is 1. The normalized spacial score (nSPS) is 9.88. The first kappa shape index (κ1) is 12.0. The molecule has 0 saturated heterocycles. The van der Waals surface area contributed by atoms with Crippen molar-refractivity contribution in [1.82, 2.24) is 9.78 Å². The average Bonchev–Trinajstić information content (AvgIpc) is 2.23. The summed E-state index contributed by atoms with van der Waals surface area (Å²) in [5.74, 6) is -1.20. The molecule has 0 spiro atoms. The highest BCUT2D eigenvalue weighted by molar-refractivity contribution is 5.87. The monoisotopic (exact) mass is 224 g/mol. The topological polar surface area (TPSA) is 81.4 Å². The molecule has 0 aliphatic rings.